The predicted octanol–water partition coefficient (Wildman–Crippen LogP) is 5.65. The fraction of sp³-hybridized carbons (Fsp3) is 0.0455. The van der Waals surface area contributed by atoms with Gasteiger partial charge in [0.2, 0.25) is 5.88 Å². The predicted molar refractivity (Wildman–Crippen MR) is 110 cm³/mol. The van der Waals surface area contributed by atoms with E-state index in [1.165, 1.54) is 6.20 Å². The van der Waals surface area contributed by atoms with E-state index in [1.54, 1.807) is 18.2 Å². The van der Waals surface area contributed by atoms with E-state index in [-0.39, 0.29) is 6.61 Å². The number of ether oxygens (including phenoxy) is 2. The first kappa shape index (κ1) is 18.9. The van der Waals surface area contributed by atoms with Crippen LogP contribution in [0, 0.1) is 0 Å². The Kier molecular flexibility index (Phi) is 5.67. The van der Waals surface area contributed by atoms with Gasteiger partial charge < -0.3 is 14.0 Å². The third-order valence-electron chi connectivity index (χ3n) is 3.96. The van der Waals surface area contributed by atoms with Gasteiger partial charge in [0.25, 0.3) is 0 Å². The summed E-state index contributed by atoms with van der Waals surface area (Å²) in [5.74, 6) is 0.998. The summed E-state index contributed by atoms with van der Waals surface area (Å²) in [6.45, 7) is -0.0257. The molecule has 7 heteroatoms. The zero-order chi connectivity index (χ0) is 20.1. The van der Waals surface area contributed by atoms with Crippen LogP contribution >= 0.6 is 15.9 Å². The number of rotatable bonds is 6. The Balaban J connectivity index is 1.35. The number of halogens is 1. The molecule has 144 valence electrons. The van der Waals surface area contributed by atoms with Crippen LogP contribution in [0.2, 0.25) is 0 Å². The Morgan fingerprint density at radius 1 is 1.00 bits per heavy atom. The molecule has 0 atom stereocenters. The van der Waals surface area contributed by atoms with E-state index >= 15 is 0 Å². The Bertz CT molecular complexity index is 1110. The van der Waals surface area contributed by atoms with Crippen molar-refractivity contribution in [3.8, 4) is 22.9 Å². The van der Waals surface area contributed by atoms with Crippen LogP contribution in [0.3, 0.4) is 0 Å². The van der Waals surface area contributed by atoms with Gasteiger partial charge in [0, 0.05) is 28.4 Å². The van der Waals surface area contributed by atoms with E-state index in [1.807, 2.05) is 54.6 Å². The van der Waals surface area contributed by atoms with Crippen molar-refractivity contribution >= 4 is 21.9 Å². The maximum absolute atomic E-state index is 12.2. The molecule has 29 heavy (non-hydrogen) atoms. The number of nitrogens with zero attached hydrogens (tertiary/aromatic N) is 2. The van der Waals surface area contributed by atoms with Crippen LogP contribution in [0.25, 0.3) is 11.3 Å². The smallest absolute Gasteiger partial charge is 0.340 e. The van der Waals surface area contributed by atoms with Gasteiger partial charge in [-0.25, -0.2) is 9.78 Å². The number of pyridine rings is 1. The Hall–Kier alpha value is -3.45. The molecule has 0 aliphatic heterocycles. The number of hydrogen-bond acceptors (Lipinski definition) is 6. The highest BCUT2D eigenvalue weighted by Gasteiger charge is 2.12. The summed E-state index contributed by atoms with van der Waals surface area (Å²) in [7, 11) is 0. The van der Waals surface area contributed by atoms with E-state index in [9.17, 15) is 4.79 Å². The molecule has 0 N–H and O–H groups in total. The first-order valence-electron chi connectivity index (χ1n) is 8.75. The monoisotopic (exact) mass is 450 g/mol. The third-order valence-corrected chi connectivity index (χ3v) is 4.46. The number of aromatic nitrogens is 2. The second kappa shape index (κ2) is 8.70. The molecule has 0 unspecified atom stereocenters. The Labute approximate surface area is 175 Å². The topological polar surface area (TPSA) is 74.5 Å². The van der Waals surface area contributed by atoms with Gasteiger partial charge >= 0.3 is 5.97 Å². The highest BCUT2D eigenvalue weighted by molar-refractivity contribution is 9.10. The molecule has 0 saturated heterocycles. The summed E-state index contributed by atoms with van der Waals surface area (Å²) < 4.78 is 17.1. The van der Waals surface area contributed by atoms with Crippen LogP contribution in [0.4, 0.5) is 0 Å². The lowest BCUT2D eigenvalue weighted by Gasteiger charge is -2.05. The molecule has 0 bridgehead atoms. The fourth-order valence-corrected chi connectivity index (χ4v) is 2.95. The maximum atomic E-state index is 12.2. The first-order valence-corrected chi connectivity index (χ1v) is 9.54. The molecule has 0 aliphatic rings. The summed E-state index contributed by atoms with van der Waals surface area (Å²) in [6, 6.07) is 21.9. The number of benzene rings is 2. The molecule has 0 spiro atoms. The highest BCUT2D eigenvalue weighted by atomic mass is 79.9. The Morgan fingerprint density at radius 3 is 2.62 bits per heavy atom. The minimum Gasteiger partial charge on any atom is -0.454 e. The van der Waals surface area contributed by atoms with Gasteiger partial charge in [-0.15, -0.1) is 0 Å². The largest absolute Gasteiger partial charge is 0.454 e. The van der Waals surface area contributed by atoms with Gasteiger partial charge in [-0.3, -0.25) is 0 Å². The molecule has 6 nitrogen and oxygen atoms in total. The molecular formula is C22H15BrN2O4. The van der Waals surface area contributed by atoms with Gasteiger partial charge in [-0.2, -0.15) is 0 Å². The molecule has 0 amide bonds. The minimum absolute atomic E-state index is 0.0257. The normalized spacial score (nSPS) is 10.5. The average Bonchev–Trinajstić information content (AvgIpc) is 3.22. The van der Waals surface area contributed by atoms with Crippen LogP contribution in [0.15, 0.2) is 88.0 Å². The molecular weight excluding hydrogens is 436 g/mol. The number of esters is 1. The summed E-state index contributed by atoms with van der Waals surface area (Å²) in [5.41, 5.74) is 1.89. The van der Waals surface area contributed by atoms with Crippen LogP contribution in [-0.4, -0.2) is 16.1 Å². The van der Waals surface area contributed by atoms with E-state index in [0.29, 0.717) is 28.6 Å². The van der Waals surface area contributed by atoms with Crippen LogP contribution < -0.4 is 4.74 Å². The lowest BCUT2D eigenvalue weighted by atomic mass is 10.1. The lowest BCUT2D eigenvalue weighted by molar-refractivity contribution is 0.0437. The molecule has 2 aromatic carbocycles. The summed E-state index contributed by atoms with van der Waals surface area (Å²) in [6.07, 6.45) is 1.41. The van der Waals surface area contributed by atoms with Crippen LogP contribution in [0.1, 0.15) is 16.1 Å². The molecule has 0 aliphatic carbocycles. The van der Waals surface area contributed by atoms with Crippen molar-refractivity contribution in [2.24, 2.45) is 0 Å². The second-order valence-corrected chi connectivity index (χ2v) is 6.98. The SMILES string of the molecule is O=C(OCc1cc(-c2cccc(Br)c2)no1)c1ccc(Oc2ccccc2)nc1. The number of carbonyl (C=O) groups is 1. The molecule has 2 aromatic heterocycles. The van der Waals surface area contributed by atoms with Crippen molar-refractivity contribution in [2.75, 3.05) is 0 Å². The number of para-hydroxylation sites is 1. The Morgan fingerprint density at radius 2 is 1.86 bits per heavy atom. The van der Waals surface area contributed by atoms with Crippen molar-refractivity contribution in [1.29, 1.82) is 0 Å². The second-order valence-electron chi connectivity index (χ2n) is 6.07. The van der Waals surface area contributed by atoms with Crippen molar-refractivity contribution < 1.29 is 18.8 Å². The third kappa shape index (κ3) is 4.89. The van der Waals surface area contributed by atoms with Crippen molar-refractivity contribution in [1.82, 2.24) is 10.1 Å². The molecule has 0 fully saturated rings. The molecule has 0 radical (unpaired) electrons. The maximum Gasteiger partial charge on any atom is 0.340 e. The zero-order valence-corrected chi connectivity index (χ0v) is 16.7. The lowest BCUT2D eigenvalue weighted by Crippen LogP contribution is -2.05. The number of hydrogen-bond donors (Lipinski definition) is 0. The zero-order valence-electron chi connectivity index (χ0n) is 15.1. The quantitative estimate of drug-likeness (QED) is 0.353. The highest BCUT2D eigenvalue weighted by Crippen LogP contribution is 2.23. The average molecular weight is 451 g/mol. The number of carbonyl (C=O) groups excluding carboxylic acids is 1. The molecule has 4 aromatic rings. The van der Waals surface area contributed by atoms with Gasteiger partial charge in [-0.05, 0) is 30.3 Å². The summed E-state index contributed by atoms with van der Waals surface area (Å²) in [5, 5.41) is 4.01. The molecule has 0 saturated carbocycles. The summed E-state index contributed by atoms with van der Waals surface area (Å²) >= 11 is 3.42. The standard InChI is InChI=1S/C22H15BrN2O4/c23-17-6-4-5-15(11-17)20-12-19(29-25-20)14-27-22(26)16-9-10-21(24-13-16)28-18-7-2-1-3-8-18/h1-13H,14H2. The van der Waals surface area contributed by atoms with Crippen LogP contribution in [-0.2, 0) is 11.3 Å². The van der Waals surface area contributed by atoms with Gasteiger partial charge in [0.1, 0.15) is 11.4 Å². The van der Waals surface area contributed by atoms with Gasteiger partial charge in [0.05, 0.1) is 5.56 Å². The van der Waals surface area contributed by atoms with Crippen molar-refractivity contribution in [2.45, 2.75) is 6.61 Å². The summed E-state index contributed by atoms with van der Waals surface area (Å²) in [4.78, 5) is 16.4. The molecule has 4 rings (SSSR count). The van der Waals surface area contributed by atoms with E-state index in [4.69, 9.17) is 14.0 Å². The molecule has 2 heterocycles. The first-order chi connectivity index (χ1) is 14.2. The van der Waals surface area contributed by atoms with Crippen LogP contribution in [0.5, 0.6) is 11.6 Å². The minimum atomic E-state index is -0.510. The fourth-order valence-electron chi connectivity index (χ4n) is 2.56. The van der Waals surface area contributed by atoms with E-state index in [2.05, 4.69) is 26.1 Å². The van der Waals surface area contributed by atoms with Crippen molar-refractivity contribution in [3.63, 3.8) is 0 Å². The van der Waals surface area contributed by atoms with Gasteiger partial charge in [-0.1, -0.05) is 51.4 Å². The van der Waals surface area contributed by atoms with E-state index in [0.717, 1.165) is 10.0 Å². The van der Waals surface area contributed by atoms with Crippen molar-refractivity contribution in [3.05, 3.63) is 94.8 Å². The van der Waals surface area contributed by atoms with Gasteiger partial charge in [0.15, 0.2) is 12.4 Å². The van der Waals surface area contributed by atoms with E-state index < -0.39 is 5.97 Å².